The number of nitrogens with two attached hydrogens (primary N) is 1. The van der Waals surface area contributed by atoms with E-state index in [4.69, 9.17) is 15.2 Å². The molecular weight excluding hydrogens is 262 g/mol. The summed E-state index contributed by atoms with van der Waals surface area (Å²) < 4.78 is 10.6. The van der Waals surface area contributed by atoms with Gasteiger partial charge in [-0.3, -0.25) is 0 Å². The van der Waals surface area contributed by atoms with Crippen molar-refractivity contribution < 1.29 is 9.47 Å². The molecule has 21 heavy (non-hydrogen) atoms. The van der Waals surface area contributed by atoms with Crippen LogP contribution in [0.3, 0.4) is 0 Å². The maximum Gasteiger partial charge on any atom is 0.160 e. The summed E-state index contributed by atoms with van der Waals surface area (Å²) in [6, 6.07) is 14.3. The van der Waals surface area contributed by atoms with E-state index in [9.17, 15) is 0 Å². The normalized spacial score (nSPS) is 13.6. The lowest BCUT2D eigenvalue weighted by molar-refractivity contribution is 0.354. The Balaban J connectivity index is 2.28. The van der Waals surface area contributed by atoms with Crippen molar-refractivity contribution in [1.82, 2.24) is 0 Å². The van der Waals surface area contributed by atoms with Crippen LogP contribution in [-0.4, -0.2) is 14.2 Å². The molecular formula is C18H23NO2. The van der Waals surface area contributed by atoms with Crippen molar-refractivity contribution in [3.05, 3.63) is 59.2 Å². The third-order valence-corrected chi connectivity index (χ3v) is 3.70. The van der Waals surface area contributed by atoms with Crippen molar-refractivity contribution in [1.29, 1.82) is 0 Å². The van der Waals surface area contributed by atoms with E-state index in [2.05, 4.69) is 32.0 Å². The molecule has 112 valence electrons. The van der Waals surface area contributed by atoms with Gasteiger partial charge in [0, 0.05) is 5.54 Å². The van der Waals surface area contributed by atoms with E-state index in [1.54, 1.807) is 14.2 Å². The Kier molecular flexibility index (Phi) is 4.53. The first-order chi connectivity index (χ1) is 9.96. The zero-order valence-electron chi connectivity index (χ0n) is 13.1. The first-order valence-corrected chi connectivity index (χ1v) is 7.03. The SMILES string of the molecule is COc1ccc(CC(C)(N)c2cccc(C)c2)cc1OC. The summed E-state index contributed by atoms with van der Waals surface area (Å²) in [5.74, 6) is 1.46. The Hall–Kier alpha value is -2.00. The summed E-state index contributed by atoms with van der Waals surface area (Å²) in [7, 11) is 3.28. The first kappa shape index (κ1) is 15.4. The predicted molar refractivity (Wildman–Crippen MR) is 86.0 cm³/mol. The summed E-state index contributed by atoms with van der Waals surface area (Å²) >= 11 is 0. The van der Waals surface area contributed by atoms with Crippen molar-refractivity contribution in [2.45, 2.75) is 25.8 Å². The third-order valence-electron chi connectivity index (χ3n) is 3.70. The molecule has 0 heterocycles. The molecule has 0 amide bonds. The van der Waals surface area contributed by atoms with Crippen LogP contribution in [0, 0.1) is 6.92 Å². The predicted octanol–water partition coefficient (Wildman–Crippen LogP) is 3.43. The molecule has 0 aromatic heterocycles. The van der Waals surface area contributed by atoms with Gasteiger partial charge in [-0.2, -0.15) is 0 Å². The van der Waals surface area contributed by atoms with E-state index in [-0.39, 0.29) is 0 Å². The quantitative estimate of drug-likeness (QED) is 0.915. The van der Waals surface area contributed by atoms with E-state index >= 15 is 0 Å². The van der Waals surface area contributed by atoms with Gasteiger partial charge in [0.15, 0.2) is 11.5 Å². The minimum atomic E-state index is -0.425. The largest absolute Gasteiger partial charge is 0.493 e. The molecule has 0 spiro atoms. The van der Waals surface area contributed by atoms with Gasteiger partial charge >= 0.3 is 0 Å². The van der Waals surface area contributed by atoms with Crippen LogP contribution in [0.15, 0.2) is 42.5 Å². The van der Waals surface area contributed by atoms with Gasteiger partial charge in [-0.25, -0.2) is 0 Å². The highest BCUT2D eigenvalue weighted by molar-refractivity contribution is 5.44. The molecule has 2 N–H and O–H groups in total. The van der Waals surface area contributed by atoms with Crippen LogP contribution in [0.2, 0.25) is 0 Å². The Morgan fingerprint density at radius 2 is 1.71 bits per heavy atom. The van der Waals surface area contributed by atoms with Crippen molar-refractivity contribution in [2.24, 2.45) is 5.73 Å². The Morgan fingerprint density at radius 1 is 1.00 bits per heavy atom. The lowest BCUT2D eigenvalue weighted by Crippen LogP contribution is -2.35. The zero-order chi connectivity index (χ0) is 15.5. The summed E-state index contributed by atoms with van der Waals surface area (Å²) in [6.45, 7) is 4.13. The van der Waals surface area contributed by atoms with Crippen molar-refractivity contribution in [2.75, 3.05) is 14.2 Å². The van der Waals surface area contributed by atoms with E-state index in [0.717, 1.165) is 29.0 Å². The molecule has 3 nitrogen and oxygen atoms in total. The second-order valence-corrected chi connectivity index (χ2v) is 5.65. The fourth-order valence-electron chi connectivity index (χ4n) is 2.52. The number of hydrogen-bond acceptors (Lipinski definition) is 3. The topological polar surface area (TPSA) is 44.5 Å². The zero-order valence-corrected chi connectivity index (χ0v) is 13.1. The minimum absolute atomic E-state index is 0.425. The second kappa shape index (κ2) is 6.19. The molecule has 1 unspecified atom stereocenters. The molecule has 1 atom stereocenters. The van der Waals surface area contributed by atoms with Crippen LogP contribution in [0.5, 0.6) is 11.5 Å². The van der Waals surface area contributed by atoms with Crippen molar-refractivity contribution in [3.8, 4) is 11.5 Å². The van der Waals surface area contributed by atoms with Crippen LogP contribution < -0.4 is 15.2 Å². The van der Waals surface area contributed by atoms with E-state index in [1.165, 1.54) is 5.56 Å². The Morgan fingerprint density at radius 3 is 2.33 bits per heavy atom. The maximum absolute atomic E-state index is 6.53. The molecule has 2 aromatic rings. The lowest BCUT2D eigenvalue weighted by Gasteiger charge is -2.26. The molecule has 3 heteroatoms. The fourth-order valence-corrected chi connectivity index (χ4v) is 2.52. The Labute approximate surface area is 126 Å². The molecule has 0 saturated heterocycles. The van der Waals surface area contributed by atoms with Gasteiger partial charge in [0.1, 0.15) is 0 Å². The maximum atomic E-state index is 6.53. The van der Waals surface area contributed by atoms with E-state index in [0.29, 0.717) is 0 Å². The molecule has 0 aliphatic carbocycles. The monoisotopic (exact) mass is 285 g/mol. The van der Waals surface area contributed by atoms with Gasteiger partial charge in [0.05, 0.1) is 14.2 Å². The average Bonchev–Trinajstić information content (AvgIpc) is 2.46. The molecule has 0 aliphatic rings. The van der Waals surface area contributed by atoms with Crippen LogP contribution in [-0.2, 0) is 12.0 Å². The summed E-state index contributed by atoms with van der Waals surface area (Å²) in [5.41, 5.74) is 9.58. The Bertz CT molecular complexity index is 620. The highest BCUT2D eigenvalue weighted by Gasteiger charge is 2.22. The van der Waals surface area contributed by atoms with Crippen molar-refractivity contribution >= 4 is 0 Å². The summed E-state index contributed by atoms with van der Waals surface area (Å²) in [4.78, 5) is 0. The second-order valence-electron chi connectivity index (χ2n) is 5.65. The van der Waals surface area contributed by atoms with Crippen LogP contribution >= 0.6 is 0 Å². The van der Waals surface area contributed by atoms with Crippen molar-refractivity contribution in [3.63, 3.8) is 0 Å². The van der Waals surface area contributed by atoms with Gasteiger partial charge in [-0.15, -0.1) is 0 Å². The number of aryl methyl sites for hydroxylation is 1. The fraction of sp³-hybridized carbons (Fsp3) is 0.333. The van der Waals surface area contributed by atoms with Crippen LogP contribution in [0.25, 0.3) is 0 Å². The van der Waals surface area contributed by atoms with Gasteiger partial charge in [0.2, 0.25) is 0 Å². The number of benzene rings is 2. The van der Waals surface area contributed by atoms with E-state index in [1.807, 2.05) is 24.3 Å². The molecule has 2 rings (SSSR count). The number of ether oxygens (including phenoxy) is 2. The lowest BCUT2D eigenvalue weighted by atomic mass is 9.86. The summed E-state index contributed by atoms with van der Waals surface area (Å²) in [6.07, 6.45) is 0.733. The smallest absolute Gasteiger partial charge is 0.160 e. The molecule has 0 fully saturated rings. The molecule has 0 saturated carbocycles. The highest BCUT2D eigenvalue weighted by atomic mass is 16.5. The van der Waals surface area contributed by atoms with Gasteiger partial charge in [-0.05, 0) is 43.5 Å². The average molecular weight is 285 g/mol. The summed E-state index contributed by atoms with van der Waals surface area (Å²) in [5, 5.41) is 0. The highest BCUT2D eigenvalue weighted by Crippen LogP contribution is 2.30. The number of hydrogen-bond donors (Lipinski definition) is 1. The van der Waals surface area contributed by atoms with Gasteiger partial charge < -0.3 is 15.2 Å². The third kappa shape index (κ3) is 3.56. The number of methoxy groups -OCH3 is 2. The minimum Gasteiger partial charge on any atom is -0.493 e. The van der Waals surface area contributed by atoms with Crippen LogP contribution in [0.1, 0.15) is 23.6 Å². The van der Waals surface area contributed by atoms with E-state index < -0.39 is 5.54 Å². The molecule has 0 radical (unpaired) electrons. The standard InChI is InChI=1S/C18H23NO2/c1-13-6-5-7-15(10-13)18(2,19)12-14-8-9-16(20-3)17(11-14)21-4/h5-11H,12,19H2,1-4H3. The van der Waals surface area contributed by atoms with Gasteiger partial charge in [-0.1, -0.05) is 35.9 Å². The first-order valence-electron chi connectivity index (χ1n) is 7.03. The molecule has 2 aromatic carbocycles. The van der Waals surface area contributed by atoms with Crippen LogP contribution in [0.4, 0.5) is 0 Å². The molecule has 0 bridgehead atoms. The number of rotatable bonds is 5. The van der Waals surface area contributed by atoms with Gasteiger partial charge in [0.25, 0.3) is 0 Å². The molecule has 0 aliphatic heterocycles.